The van der Waals surface area contributed by atoms with E-state index in [4.69, 9.17) is 16.9 Å². The fraction of sp³-hybridized carbons (Fsp3) is 0.667. The lowest BCUT2D eigenvalue weighted by atomic mass is 10.5. The quantitative estimate of drug-likeness (QED) is 0.343. The molecule has 0 aromatic carbocycles. The maximum atomic E-state index is 6.92. The van der Waals surface area contributed by atoms with E-state index in [1.165, 1.54) is 0 Å². The first-order valence-corrected chi connectivity index (χ1v) is 4.86. The van der Waals surface area contributed by atoms with Gasteiger partial charge in [-0.2, -0.15) is 16.8 Å². The Morgan fingerprint density at radius 3 is 2.42 bits per heavy atom. The van der Waals surface area contributed by atoms with Crippen LogP contribution in [0.4, 0.5) is 0 Å². The molecule has 0 aromatic rings. The highest BCUT2D eigenvalue weighted by Gasteiger charge is 2.11. The minimum atomic E-state index is -0.231. The Labute approximate surface area is 75.7 Å². The van der Waals surface area contributed by atoms with Gasteiger partial charge < -0.3 is 16.4 Å². The summed E-state index contributed by atoms with van der Waals surface area (Å²) in [6.45, 7) is 1.79. The summed E-state index contributed by atoms with van der Waals surface area (Å²) in [6, 6.07) is 0. The van der Waals surface area contributed by atoms with E-state index in [-0.39, 0.29) is 5.96 Å². The molecule has 1 saturated heterocycles. The molecule has 5 nitrogen and oxygen atoms in total. The highest BCUT2D eigenvalue weighted by atomic mass is 32.2. The molecule has 5 N–H and O–H groups in total. The highest BCUT2D eigenvalue weighted by molar-refractivity contribution is 7.99. The number of thioether (sulfide) groups is 1. The third kappa shape index (κ3) is 2.61. The van der Waals surface area contributed by atoms with Crippen LogP contribution in [0.2, 0.25) is 0 Å². The summed E-state index contributed by atoms with van der Waals surface area (Å²) in [5.74, 6) is 2.26. The maximum Gasteiger partial charge on any atom is 0.215 e. The Balaban J connectivity index is 2.49. The maximum absolute atomic E-state index is 6.92. The lowest BCUT2D eigenvalue weighted by Gasteiger charge is -2.26. The van der Waals surface area contributed by atoms with Crippen LogP contribution in [-0.2, 0) is 0 Å². The number of hydrogen-bond donors (Lipinski definition) is 3. The van der Waals surface area contributed by atoms with E-state index >= 15 is 0 Å². The van der Waals surface area contributed by atoms with Crippen LogP contribution in [0.25, 0.3) is 0 Å². The Bertz CT molecular complexity index is 196. The number of aliphatic imine (C=N–C) groups is 1. The third-order valence-corrected chi connectivity index (χ3v) is 2.51. The molecule has 1 rings (SSSR count). The molecule has 68 valence electrons. The van der Waals surface area contributed by atoms with Crippen molar-refractivity contribution in [3.8, 4) is 0 Å². The smallest absolute Gasteiger partial charge is 0.215 e. The van der Waals surface area contributed by atoms with E-state index in [0.29, 0.717) is 5.96 Å². The van der Waals surface area contributed by atoms with Gasteiger partial charge in [0.1, 0.15) is 0 Å². The zero-order chi connectivity index (χ0) is 8.97. The van der Waals surface area contributed by atoms with Crippen LogP contribution >= 0.6 is 11.8 Å². The van der Waals surface area contributed by atoms with Gasteiger partial charge in [0.25, 0.3) is 0 Å². The Morgan fingerprint density at radius 2 is 1.92 bits per heavy atom. The average molecular weight is 187 g/mol. The molecule has 6 heteroatoms. The number of rotatable bonds is 0. The van der Waals surface area contributed by atoms with Gasteiger partial charge in [0.2, 0.25) is 5.96 Å². The predicted molar refractivity (Wildman–Crippen MR) is 52.4 cm³/mol. The second kappa shape index (κ2) is 4.20. The number of hydrogen-bond acceptors (Lipinski definition) is 2. The molecular formula is C6H13N5S. The topological polar surface area (TPSA) is 91.5 Å². The summed E-state index contributed by atoms with van der Waals surface area (Å²) in [5.41, 5.74) is 10.7. The van der Waals surface area contributed by atoms with Crippen LogP contribution in [0.5, 0.6) is 0 Å². The first-order valence-electron chi connectivity index (χ1n) is 3.71. The summed E-state index contributed by atoms with van der Waals surface area (Å²) < 4.78 is 0. The molecule has 1 heterocycles. The minimum Gasteiger partial charge on any atom is -0.369 e. The first-order chi connectivity index (χ1) is 5.70. The minimum absolute atomic E-state index is 0.231. The molecule has 0 unspecified atom stereocenters. The molecule has 0 aromatic heterocycles. The van der Waals surface area contributed by atoms with Crippen molar-refractivity contribution in [1.82, 2.24) is 4.90 Å². The molecular weight excluding hydrogens is 174 g/mol. The summed E-state index contributed by atoms with van der Waals surface area (Å²) >= 11 is 1.90. The van der Waals surface area contributed by atoms with Crippen LogP contribution in [-0.4, -0.2) is 41.4 Å². The van der Waals surface area contributed by atoms with Crippen molar-refractivity contribution in [1.29, 1.82) is 5.41 Å². The number of nitrogens with zero attached hydrogens (tertiary/aromatic N) is 2. The Morgan fingerprint density at radius 1 is 1.33 bits per heavy atom. The van der Waals surface area contributed by atoms with Gasteiger partial charge in [-0.05, 0) is 0 Å². The standard InChI is InChI=1S/C6H13N5S/c7-5(8)10-6(9)11-1-3-12-4-2-11/h1-4H2,(H5,7,8,9,10). The largest absolute Gasteiger partial charge is 0.369 e. The van der Waals surface area contributed by atoms with Crippen LogP contribution in [0.3, 0.4) is 0 Å². The van der Waals surface area contributed by atoms with Crippen molar-refractivity contribution in [2.75, 3.05) is 24.6 Å². The van der Waals surface area contributed by atoms with Crippen LogP contribution < -0.4 is 11.5 Å². The Kier molecular flexibility index (Phi) is 3.21. The predicted octanol–water partition coefficient (Wildman–Crippen LogP) is -0.757. The molecule has 1 aliphatic rings. The third-order valence-electron chi connectivity index (χ3n) is 1.57. The molecule has 0 radical (unpaired) electrons. The zero-order valence-electron chi connectivity index (χ0n) is 6.79. The van der Waals surface area contributed by atoms with E-state index in [1.807, 2.05) is 16.7 Å². The van der Waals surface area contributed by atoms with Gasteiger partial charge in [-0.1, -0.05) is 0 Å². The van der Waals surface area contributed by atoms with E-state index in [1.54, 1.807) is 0 Å². The molecule has 0 aliphatic carbocycles. The molecule has 0 saturated carbocycles. The van der Waals surface area contributed by atoms with E-state index in [0.717, 1.165) is 24.6 Å². The Hall–Kier alpha value is -0.910. The van der Waals surface area contributed by atoms with Crippen LogP contribution in [0.15, 0.2) is 4.99 Å². The average Bonchev–Trinajstić information content (AvgIpc) is 2.05. The lowest BCUT2D eigenvalue weighted by Crippen LogP contribution is -2.43. The molecule has 0 bridgehead atoms. The van der Waals surface area contributed by atoms with Crippen molar-refractivity contribution >= 4 is 23.7 Å². The summed E-state index contributed by atoms with van der Waals surface area (Å²) in [7, 11) is 0. The van der Waals surface area contributed by atoms with E-state index in [9.17, 15) is 0 Å². The molecule has 1 aliphatic heterocycles. The molecule has 0 amide bonds. The SMILES string of the molecule is N=C(N)/N=C(\N)N1CCSCC1. The molecule has 0 atom stereocenters. The van der Waals surface area contributed by atoms with Crippen molar-refractivity contribution in [3.05, 3.63) is 0 Å². The summed E-state index contributed by atoms with van der Waals surface area (Å²) in [4.78, 5) is 5.62. The summed E-state index contributed by atoms with van der Waals surface area (Å²) in [5, 5.41) is 6.92. The first kappa shape index (κ1) is 9.18. The molecule has 1 fully saturated rings. The number of nitrogens with two attached hydrogens (primary N) is 2. The van der Waals surface area contributed by atoms with Gasteiger partial charge in [-0.15, -0.1) is 0 Å². The molecule has 12 heavy (non-hydrogen) atoms. The van der Waals surface area contributed by atoms with Crippen molar-refractivity contribution in [2.24, 2.45) is 16.5 Å². The second-order valence-electron chi connectivity index (χ2n) is 2.45. The number of guanidine groups is 2. The van der Waals surface area contributed by atoms with Crippen molar-refractivity contribution < 1.29 is 0 Å². The van der Waals surface area contributed by atoms with Crippen LogP contribution in [0.1, 0.15) is 0 Å². The second-order valence-corrected chi connectivity index (χ2v) is 3.68. The van der Waals surface area contributed by atoms with Gasteiger partial charge in [0, 0.05) is 24.6 Å². The van der Waals surface area contributed by atoms with Crippen molar-refractivity contribution in [2.45, 2.75) is 0 Å². The van der Waals surface area contributed by atoms with E-state index < -0.39 is 0 Å². The molecule has 0 spiro atoms. The van der Waals surface area contributed by atoms with Gasteiger partial charge >= 0.3 is 0 Å². The van der Waals surface area contributed by atoms with Crippen LogP contribution in [0, 0.1) is 5.41 Å². The fourth-order valence-corrected chi connectivity index (χ4v) is 1.89. The zero-order valence-corrected chi connectivity index (χ0v) is 7.60. The lowest BCUT2D eigenvalue weighted by molar-refractivity contribution is 0.458. The highest BCUT2D eigenvalue weighted by Crippen LogP contribution is 2.08. The van der Waals surface area contributed by atoms with Gasteiger partial charge in [-0.25, -0.2) is 0 Å². The fourth-order valence-electron chi connectivity index (χ4n) is 0.987. The van der Waals surface area contributed by atoms with Gasteiger partial charge in [-0.3, -0.25) is 5.41 Å². The van der Waals surface area contributed by atoms with E-state index in [2.05, 4.69) is 4.99 Å². The monoisotopic (exact) mass is 187 g/mol. The van der Waals surface area contributed by atoms with Gasteiger partial charge in [0.15, 0.2) is 5.96 Å². The van der Waals surface area contributed by atoms with Gasteiger partial charge in [0.05, 0.1) is 0 Å². The summed E-state index contributed by atoms with van der Waals surface area (Å²) in [6.07, 6.45) is 0. The number of nitrogens with one attached hydrogen (secondary N) is 1. The normalized spacial score (nSPS) is 19.3. The van der Waals surface area contributed by atoms with Crippen molar-refractivity contribution in [3.63, 3.8) is 0 Å².